The number of carbonyl (C=O) groups is 1. The summed E-state index contributed by atoms with van der Waals surface area (Å²) in [6.07, 6.45) is 1.90. The molecule has 0 heterocycles. The molecule has 0 unspecified atom stereocenters. The first kappa shape index (κ1) is 25.1. The van der Waals surface area contributed by atoms with Crippen molar-refractivity contribution in [2.24, 2.45) is 0 Å². The Hall–Kier alpha value is -3.98. The Morgan fingerprint density at radius 3 is 1.72 bits per heavy atom. The molecule has 4 aromatic rings. The van der Waals surface area contributed by atoms with Gasteiger partial charge in [0.2, 0.25) is 0 Å². The summed E-state index contributed by atoms with van der Waals surface area (Å²) in [7, 11) is 0. The molecule has 0 aliphatic carbocycles. The van der Waals surface area contributed by atoms with E-state index in [0.717, 1.165) is 44.0 Å². The Morgan fingerprint density at radius 1 is 0.778 bits per heavy atom. The molecule has 0 radical (unpaired) electrons. The second-order valence-corrected chi connectivity index (χ2v) is 9.90. The van der Waals surface area contributed by atoms with Crippen molar-refractivity contribution in [1.29, 1.82) is 0 Å². The van der Waals surface area contributed by atoms with Crippen LogP contribution in [-0.2, 0) is 4.79 Å². The number of thioether (sulfide) groups is 1. The van der Waals surface area contributed by atoms with E-state index in [0.29, 0.717) is 10.7 Å². The highest BCUT2D eigenvalue weighted by Gasteiger charge is 2.06. The molecule has 5 heteroatoms. The van der Waals surface area contributed by atoms with Gasteiger partial charge in [0, 0.05) is 18.7 Å². The molecule has 0 aliphatic heterocycles. The molecule has 36 heavy (non-hydrogen) atoms. The fourth-order valence-electron chi connectivity index (χ4n) is 3.71. The highest BCUT2D eigenvalue weighted by atomic mass is 32.2. The van der Waals surface area contributed by atoms with Crippen LogP contribution in [0.5, 0.6) is 5.75 Å². The van der Waals surface area contributed by atoms with Crippen molar-refractivity contribution in [1.82, 2.24) is 0 Å². The fourth-order valence-corrected chi connectivity index (χ4v) is 4.41. The Labute approximate surface area is 221 Å². The zero-order valence-corrected chi connectivity index (χ0v) is 21.5. The number of thiocarbonyl (C=S) groups is 1. The van der Waals surface area contributed by atoms with Crippen LogP contribution < -0.4 is 4.74 Å². The standard InChI is InChI=1S/C31H23NO2S2/c1-21(33)36-30-18-14-27(15-19-30)24-6-4-23(5-7-24)20-31(32-3)28-10-8-25(9-11-28)26-12-16-29(17-13-26)34-22(2)35/h4-20H,1-2H3/b31-20-. The van der Waals surface area contributed by atoms with E-state index in [4.69, 9.17) is 23.5 Å². The van der Waals surface area contributed by atoms with Gasteiger partial charge in [-0.25, -0.2) is 4.85 Å². The Morgan fingerprint density at radius 2 is 1.25 bits per heavy atom. The van der Waals surface area contributed by atoms with E-state index in [2.05, 4.69) is 4.85 Å². The first-order chi connectivity index (χ1) is 17.4. The third-order valence-corrected chi connectivity index (χ3v) is 6.29. The normalized spacial score (nSPS) is 11.0. The van der Waals surface area contributed by atoms with Crippen molar-refractivity contribution < 1.29 is 9.53 Å². The molecule has 0 aliphatic rings. The highest BCUT2D eigenvalue weighted by molar-refractivity contribution is 8.13. The summed E-state index contributed by atoms with van der Waals surface area (Å²) in [6.45, 7) is 11.0. The zero-order valence-electron chi connectivity index (χ0n) is 19.9. The smallest absolute Gasteiger partial charge is 0.194 e. The molecule has 0 N–H and O–H groups in total. The van der Waals surface area contributed by atoms with Crippen molar-refractivity contribution in [3.63, 3.8) is 0 Å². The Kier molecular flexibility index (Phi) is 8.12. The number of benzene rings is 4. The summed E-state index contributed by atoms with van der Waals surface area (Å²) in [4.78, 5) is 16.0. The van der Waals surface area contributed by atoms with Crippen LogP contribution in [-0.4, -0.2) is 10.2 Å². The molecule has 4 rings (SSSR count). The zero-order chi connectivity index (χ0) is 25.5. The summed E-state index contributed by atoms with van der Waals surface area (Å²) in [6, 6.07) is 31.8. The maximum Gasteiger partial charge on any atom is 0.194 e. The quantitative estimate of drug-likeness (QED) is 0.113. The van der Waals surface area contributed by atoms with Crippen LogP contribution in [0, 0.1) is 6.57 Å². The predicted octanol–water partition coefficient (Wildman–Crippen LogP) is 8.80. The predicted molar refractivity (Wildman–Crippen MR) is 154 cm³/mol. The second-order valence-electron chi connectivity index (χ2n) is 8.08. The molecule has 0 spiro atoms. The van der Waals surface area contributed by atoms with Crippen molar-refractivity contribution >= 4 is 45.9 Å². The highest BCUT2D eigenvalue weighted by Crippen LogP contribution is 2.28. The Bertz CT molecular complexity index is 1450. The van der Waals surface area contributed by atoms with Gasteiger partial charge >= 0.3 is 0 Å². The maximum atomic E-state index is 11.3. The van der Waals surface area contributed by atoms with Crippen molar-refractivity contribution in [2.45, 2.75) is 18.7 Å². The molecule has 0 amide bonds. The molecule has 4 aromatic carbocycles. The first-order valence-corrected chi connectivity index (χ1v) is 12.5. The van der Waals surface area contributed by atoms with Gasteiger partial charge in [-0.05, 0) is 75.9 Å². The van der Waals surface area contributed by atoms with Gasteiger partial charge in [0.1, 0.15) is 5.75 Å². The maximum absolute atomic E-state index is 11.3. The van der Waals surface area contributed by atoms with Gasteiger partial charge in [-0.1, -0.05) is 84.6 Å². The molecule has 3 nitrogen and oxygen atoms in total. The Balaban J connectivity index is 1.48. The van der Waals surface area contributed by atoms with E-state index >= 15 is 0 Å². The summed E-state index contributed by atoms with van der Waals surface area (Å²) in [5.74, 6) is 0.719. The molecule has 176 valence electrons. The van der Waals surface area contributed by atoms with Crippen LogP contribution in [0.1, 0.15) is 25.0 Å². The molecular formula is C31H23NO2S2. The van der Waals surface area contributed by atoms with Crippen LogP contribution in [0.3, 0.4) is 0 Å². The van der Waals surface area contributed by atoms with Crippen LogP contribution in [0.25, 0.3) is 38.9 Å². The summed E-state index contributed by atoms with van der Waals surface area (Å²) in [5.41, 5.74) is 6.70. The van der Waals surface area contributed by atoms with Gasteiger partial charge in [-0.15, -0.1) is 0 Å². The lowest BCUT2D eigenvalue weighted by atomic mass is 10.0. The summed E-state index contributed by atoms with van der Waals surface area (Å²) < 4.78 is 5.46. The second kappa shape index (κ2) is 11.6. The van der Waals surface area contributed by atoms with Gasteiger partial charge in [0.15, 0.2) is 15.9 Å². The minimum atomic E-state index is 0.0749. The van der Waals surface area contributed by atoms with Crippen LogP contribution >= 0.6 is 24.0 Å². The third kappa shape index (κ3) is 6.57. The topological polar surface area (TPSA) is 30.7 Å². The number of carbonyl (C=O) groups excluding carboxylic acids is 1. The largest absolute Gasteiger partial charge is 0.451 e. The average molecular weight is 506 g/mol. The molecule has 0 aromatic heterocycles. The van der Waals surface area contributed by atoms with Crippen molar-refractivity contribution in [2.75, 3.05) is 0 Å². The van der Waals surface area contributed by atoms with Gasteiger partial charge < -0.3 is 4.74 Å². The number of hydrogen-bond acceptors (Lipinski definition) is 4. The van der Waals surface area contributed by atoms with Gasteiger partial charge in [0.25, 0.3) is 0 Å². The van der Waals surface area contributed by atoms with Crippen LogP contribution in [0.15, 0.2) is 102 Å². The lowest BCUT2D eigenvalue weighted by Gasteiger charge is -2.07. The van der Waals surface area contributed by atoms with Crippen molar-refractivity contribution in [3.8, 4) is 28.0 Å². The number of rotatable bonds is 6. The SMILES string of the molecule is [C-]#[N+]/C(=C\c1ccc(-c2ccc(SC(C)=O)cc2)cc1)c1ccc(-c2ccc(OC(C)=S)cc2)cc1. The van der Waals surface area contributed by atoms with Gasteiger partial charge in [-0.2, -0.15) is 0 Å². The first-order valence-electron chi connectivity index (χ1n) is 11.3. The van der Waals surface area contributed by atoms with E-state index in [1.165, 1.54) is 11.8 Å². The fraction of sp³-hybridized carbons (Fsp3) is 0.0645. The lowest BCUT2D eigenvalue weighted by Crippen LogP contribution is -1.98. The van der Waals surface area contributed by atoms with E-state index in [9.17, 15) is 4.79 Å². The van der Waals surface area contributed by atoms with E-state index in [-0.39, 0.29) is 5.12 Å². The van der Waals surface area contributed by atoms with Crippen LogP contribution in [0.4, 0.5) is 0 Å². The van der Waals surface area contributed by atoms with E-state index in [1.807, 2.05) is 103 Å². The molecular weight excluding hydrogens is 482 g/mol. The number of ether oxygens (including phenoxy) is 1. The third-order valence-electron chi connectivity index (χ3n) is 5.41. The number of hydrogen-bond donors (Lipinski definition) is 0. The summed E-state index contributed by atoms with van der Waals surface area (Å²) >= 11 is 6.21. The van der Waals surface area contributed by atoms with Crippen LogP contribution in [0.2, 0.25) is 0 Å². The van der Waals surface area contributed by atoms with E-state index in [1.54, 1.807) is 13.8 Å². The minimum Gasteiger partial charge on any atom is -0.451 e. The van der Waals surface area contributed by atoms with Gasteiger partial charge in [-0.3, -0.25) is 4.79 Å². The molecule has 0 atom stereocenters. The minimum absolute atomic E-state index is 0.0749. The number of nitrogens with zero attached hydrogens (tertiary/aromatic N) is 1. The summed E-state index contributed by atoms with van der Waals surface area (Å²) in [5, 5.41) is 0.560. The molecule has 0 bridgehead atoms. The molecule has 0 fully saturated rings. The van der Waals surface area contributed by atoms with Crippen molar-refractivity contribution in [3.05, 3.63) is 120 Å². The lowest BCUT2D eigenvalue weighted by molar-refractivity contribution is -0.109. The molecule has 0 saturated carbocycles. The van der Waals surface area contributed by atoms with Gasteiger partial charge in [0.05, 0.1) is 6.57 Å². The monoisotopic (exact) mass is 505 g/mol. The molecule has 0 saturated heterocycles. The average Bonchev–Trinajstić information content (AvgIpc) is 2.88. The van der Waals surface area contributed by atoms with E-state index < -0.39 is 0 Å².